The van der Waals surface area contributed by atoms with Crippen LogP contribution in [-0.4, -0.2) is 64.0 Å². The van der Waals surface area contributed by atoms with E-state index in [1.807, 2.05) is 30.5 Å². The quantitative estimate of drug-likeness (QED) is 0.351. The average molecular weight is 430 g/mol. The summed E-state index contributed by atoms with van der Waals surface area (Å²) in [5.74, 6) is -1.81. The average Bonchev–Trinajstić information content (AvgIpc) is 3.40. The zero-order valence-corrected chi connectivity index (χ0v) is 17.5. The summed E-state index contributed by atoms with van der Waals surface area (Å²) in [7, 11) is 0. The van der Waals surface area contributed by atoms with Gasteiger partial charge in [-0.15, -0.1) is 0 Å². The number of carboxylic acids is 1. The van der Waals surface area contributed by atoms with E-state index in [0.29, 0.717) is 51.6 Å². The van der Waals surface area contributed by atoms with E-state index in [0.717, 1.165) is 16.5 Å². The largest absolute Gasteiger partial charge is 0.480 e. The van der Waals surface area contributed by atoms with Crippen LogP contribution in [-0.2, 0) is 20.8 Å². The third-order valence-corrected chi connectivity index (χ3v) is 5.83. The van der Waals surface area contributed by atoms with Crippen molar-refractivity contribution in [2.75, 3.05) is 13.1 Å². The molecule has 168 valence electrons. The number of carboxylic acid groups (broad SMARTS) is 1. The number of aliphatic carboxylic acids is 1. The molecule has 0 spiro atoms. The normalized spacial score (nSPS) is 18.1. The van der Waals surface area contributed by atoms with Gasteiger partial charge in [0.15, 0.2) is 0 Å². The van der Waals surface area contributed by atoms with Gasteiger partial charge in [0.25, 0.3) is 0 Å². The summed E-state index contributed by atoms with van der Waals surface area (Å²) in [6.45, 7) is 0.858. The summed E-state index contributed by atoms with van der Waals surface area (Å²) in [6.07, 6.45) is 4.96. The number of H-pyrrole nitrogens is 1. The number of hydrogen-bond acceptors (Lipinski definition) is 5. The highest BCUT2D eigenvalue weighted by Gasteiger charge is 2.37. The van der Waals surface area contributed by atoms with Gasteiger partial charge >= 0.3 is 5.97 Å². The van der Waals surface area contributed by atoms with Crippen LogP contribution in [0.25, 0.3) is 10.9 Å². The highest BCUT2D eigenvalue weighted by Crippen LogP contribution is 2.21. The third kappa shape index (κ3) is 5.42. The molecule has 7 N–H and O–H groups in total. The van der Waals surface area contributed by atoms with Crippen molar-refractivity contribution < 1.29 is 19.5 Å². The number of hydrogen-bond donors (Lipinski definition) is 5. The molecule has 3 atom stereocenters. The maximum atomic E-state index is 13.1. The van der Waals surface area contributed by atoms with E-state index in [9.17, 15) is 19.5 Å². The minimum absolute atomic E-state index is 0.320. The number of nitrogens with zero attached hydrogens (tertiary/aromatic N) is 1. The molecule has 9 heteroatoms. The molecule has 1 saturated heterocycles. The first-order valence-corrected chi connectivity index (χ1v) is 10.8. The van der Waals surface area contributed by atoms with E-state index >= 15 is 0 Å². The van der Waals surface area contributed by atoms with E-state index < -0.39 is 30.0 Å². The monoisotopic (exact) mass is 429 g/mol. The second-order valence-electron chi connectivity index (χ2n) is 8.04. The second kappa shape index (κ2) is 10.4. The number of fused-ring (bicyclic) bond motifs is 1. The number of benzene rings is 1. The van der Waals surface area contributed by atoms with Gasteiger partial charge in [0, 0.05) is 23.6 Å². The highest BCUT2D eigenvalue weighted by molar-refractivity contribution is 5.92. The molecule has 9 nitrogen and oxygen atoms in total. The molecule has 2 amide bonds. The van der Waals surface area contributed by atoms with Crippen molar-refractivity contribution in [3.05, 3.63) is 36.0 Å². The number of para-hydroxylation sites is 1. The fourth-order valence-electron chi connectivity index (χ4n) is 4.15. The molecule has 2 aromatic rings. The van der Waals surface area contributed by atoms with Gasteiger partial charge in [-0.2, -0.15) is 0 Å². The molecule has 0 unspecified atom stereocenters. The number of aromatic amines is 1. The molecule has 31 heavy (non-hydrogen) atoms. The van der Waals surface area contributed by atoms with Crippen molar-refractivity contribution in [3.8, 4) is 0 Å². The van der Waals surface area contributed by atoms with E-state index in [-0.39, 0.29) is 5.91 Å². The molecular weight excluding hydrogens is 398 g/mol. The number of aromatic nitrogens is 1. The fraction of sp³-hybridized carbons (Fsp3) is 0.500. The van der Waals surface area contributed by atoms with Crippen LogP contribution in [0.2, 0.25) is 0 Å². The molecule has 1 aromatic heterocycles. The topological polar surface area (TPSA) is 155 Å². The molecule has 0 radical (unpaired) electrons. The van der Waals surface area contributed by atoms with E-state index in [1.54, 1.807) is 0 Å². The van der Waals surface area contributed by atoms with Crippen LogP contribution in [0.1, 0.15) is 37.7 Å². The van der Waals surface area contributed by atoms with Crippen LogP contribution in [0.5, 0.6) is 0 Å². The number of nitrogens with one attached hydrogen (secondary N) is 2. The first kappa shape index (κ1) is 22.8. The van der Waals surface area contributed by atoms with Crippen LogP contribution < -0.4 is 16.8 Å². The fourth-order valence-corrected chi connectivity index (χ4v) is 4.15. The Morgan fingerprint density at radius 1 is 1.26 bits per heavy atom. The van der Waals surface area contributed by atoms with Crippen LogP contribution in [0.3, 0.4) is 0 Å². The first-order chi connectivity index (χ1) is 14.9. The van der Waals surface area contributed by atoms with Gasteiger partial charge in [0.1, 0.15) is 12.1 Å². The lowest BCUT2D eigenvalue weighted by Crippen LogP contribution is -2.54. The molecule has 0 saturated carbocycles. The number of amides is 2. The summed E-state index contributed by atoms with van der Waals surface area (Å²) in [5.41, 5.74) is 13.6. The van der Waals surface area contributed by atoms with E-state index in [2.05, 4.69) is 10.3 Å². The Balaban J connectivity index is 1.68. The Morgan fingerprint density at radius 2 is 2.03 bits per heavy atom. The van der Waals surface area contributed by atoms with Gasteiger partial charge in [-0.1, -0.05) is 18.2 Å². The maximum absolute atomic E-state index is 13.1. The Bertz CT molecular complexity index is 928. The van der Waals surface area contributed by atoms with Crippen LogP contribution >= 0.6 is 0 Å². The molecule has 0 bridgehead atoms. The van der Waals surface area contributed by atoms with Crippen molar-refractivity contribution in [2.45, 2.75) is 56.7 Å². The van der Waals surface area contributed by atoms with Crippen molar-refractivity contribution in [1.29, 1.82) is 0 Å². The molecule has 1 fully saturated rings. The Morgan fingerprint density at radius 3 is 2.77 bits per heavy atom. The van der Waals surface area contributed by atoms with Gasteiger partial charge in [-0.25, -0.2) is 4.79 Å². The lowest BCUT2D eigenvalue weighted by atomic mass is 10.0. The lowest BCUT2D eigenvalue weighted by molar-refractivity contribution is -0.149. The smallest absolute Gasteiger partial charge is 0.326 e. The molecule has 3 rings (SSSR count). The van der Waals surface area contributed by atoms with Crippen molar-refractivity contribution >= 4 is 28.7 Å². The van der Waals surface area contributed by atoms with Crippen molar-refractivity contribution in [1.82, 2.24) is 15.2 Å². The molecule has 2 heterocycles. The predicted molar refractivity (Wildman–Crippen MR) is 117 cm³/mol. The number of unbranched alkanes of at least 4 members (excludes halogenated alkanes) is 1. The zero-order chi connectivity index (χ0) is 22.4. The van der Waals surface area contributed by atoms with Crippen molar-refractivity contribution in [2.24, 2.45) is 11.5 Å². The van der Waals surface area contributed by atoms with Gasteiger partial charge < -0.3 is 31.8 Å². The highest BCUT2D eigenvalue weighted by atomic mass is 16.4. The molecule has 1 aliphatic rings. The van der Waals surface area contributed by atoms with E-state index in [4.69, 9.17) is 11.5 Å². The van der Waals surface area contributed by atoms with Crippen LogP contribution in [0.15, 0.2) is 30.5 Å². The minimum Gasteiger partial charge on any atom is -0.480 e. The van der Waals surface area contributed by atoms with Gasteiger partial charge in [-0.3, -0.25) is 9.59 Å². The van der Waals surface area contributed by atoms with Gasteiger partial charge in [0.05, 0.1) is 6.04 Å². The zero-order valence-electron chi connectivity index (χ0n) is 17.5. The van der Waals surface area contributed by atoms with E-state index in [1.165, 1.54) is 4.90 Å². The summed E-state index contributed by atoms with van der Waals surface area (Å²) in [5, 5.41) is 13.2. The maximum Gasteiger partial charge on any atom is 0.326 e. The summed E-state index contributed by atoms with van der Waals surface area (Å²) in [4.78, 5) is 41.9. The lowest BCUT2D eigenvalue weighted by Gasteiger charge is -2.28. The van der Waals surface area contributed by atoms with Gasteiger partial charge in [0.2, 0.25) is 11.8 Å². The molecular formula is C22H31N5O4. The number of nitrogens with two attached hydrogens (primary N) is 2. The Labute approximate surface area is 181 Å². The first-order valence-electron chi connectivity index (χ1n) is 10.8. The number of carbonyl (C=O) groups is 3. The third-order valence-electron chi connectivity index (χ3n) is 5.83. The standard InChI is InChI=1S/C22H31N5O4/c23-10-4-3-8-18(21(29)27-11-5-9-19(27)22(30)31)26-20(28)16(24)12-14-13-25-17-7-2-1-6-15(14)17/h1-2,6-7,13,16,18-19,25H,3-5,8-12,23-24H2,(H,26,28)(H,30,31)/t16-,18-,19+/m0/s1. The number of likely N-dealkylation sites (tertiary alicyclic amines) is 1. The molecule has 1 aliphatic heterocycles. The molecule has 1 aromatic carbocycles. The van der Waals surface area contributed by atoms with Crippen LogP contribution in [0, 0.1) is 0 Å². The summed E-state index contributed by atoms with van der Waals surface area (Å²) >= 11 is 0. The Kier molecular flexibility index (Phi) is 7.64. The SMILES string of the molecule is NCCCC[C@H](NC(=O)[C@@H](N)Cc1c[nH]c2ccccc12)C(=O)N1CCC[C@@H]1C(=O)O. The Hall–Kier alpha value is -2.91. The second-order valence-corrected chi connectivity index (χ2v) is 8.04. The number of rotatable bonds is 10. The van der Waals surface area contributed by atoms with Crippen LogP contribution in [0.4, 0.5) is 0 Å². The predicted octanol–water partition coefficient (Wildman–Crippen LogP) is 0.727. The molecule has 0 aliphatic carbocycles. The minimum atomic E-state index is -1.02. The summed E-state index contributed by atoms with van der Waals surface area (Å²) < 4.78 is 0. The van der Waals surface area contributed by atoms with Crippen molar-refractivity contribution in [3.63, 3.8) is 0 Å². The number of carbonyl (C=O) groups excluding carboxylic acids is 2. The summed E-state index contributed by atoms with van der Waals surface area (Å²) in [6, 6.07) is 5.27. The van der Waals surface area contributed by atoms with Gasteiger partial charge in [-0.05, 0) is 56.7 Å².